The van der Waals surface area contributed by atoms with Gasteiger partial charge in [0.2, 0.25) is 0 Å². The molecule has 4 rings (SSSR count). The van der Waals surface area contributed by atoms with Gasteiger partial charge in [0.15, 0.2) is 0 Å². The number of aromatic nitrogens is 2. The van der Waals surface area contributed by atoms with Gasteiger partial charge in [-0.25, -0.2) is 9.37 Å². The van der Waals surface area contributed by atoms with Crippen molar-refractivity contribution in [3.05, 3.63) is 69.9 Å². The number of hydrogen-bond acceptors (Lipinski definition) is 6. The monoisotopic (exact) mass is 489 g/mol. The molecule has 0 unspecified atom stereocenters. The van der Waals surface area contributed by atoms with E-state index in [1.54, 1.807) is 41.9 Å². The van der Waals surface area contributed by atoms with Crippen LogP contribution in [0.3, 0.4) is 0 Å². The minimum atomic E-state index is -0.432. The van der Waals surface area contributed by atoms with Crippen LogP contribution in [0.5, 0.6) is 0 Å². The van der Waals surface area contributed by atoms with Crippen LogP contribution in [-0.4, -0.2) is 34.0 Å². The number of pyridine rings is 2. The summed E-state index contributed by atoms with van der Waals surface area (Å²) >= 11 is 0. The van der Waals surface area contributed by atoms with Crippen molar-refractivity contribution in [1.29, 1.82) is 5.26 Å². The molecule has 36 heavy (non-hydrogen) atoms. The van der Waals surface area contributed by atoms with Crippen LogP contribution in [-0.2, 0) is 11.9 Å². The zero-order valence-corrected chi connectivity index (χ0v) is 21.5. The van der Waals surface area contributed by atoms with Crippen molar-refractivity contribution in [2.24, 2.45) is 18.1 Å². The predicted molar refractivity (Wildman–Crippen MR) is 140 cm³/mol. The fourth-order valence-corrected chi connectivity index (χ4v) is 4.75. The van der Waals surface area contributed by atoms with Gasteiger partial charge in [0.1, 0.15) is 28.7 Å². The van der Waals surface area contributed by atoms with Crippen molar-refractivity contribution in [3.63, 3.8) is 0 Å². The van der Waals surface area contributed by atoms with E-state index in [9.17, 15) is 14.4 Å². The summed E-state index contributed by atoms with van der Waals surface area (Å²) in [4.78, 5) is 25.1. The molecule has 1 saturated carbocycles. The number of anilines is 1. The maximum Gasteiger partial charge on any atom is 0.252 e. The Morgan fingerprint density at radius 1 is 1.17 bits per heavy atom. The lowest BCUT2D eigenvalue weighted by atomic mass is 9.80. The summed E-state index contributed by atoms with van der Waals surface area (Å²) in [5, 5.41) is 13.9. The molecule has 8 heteroatoms. The molecule has 3 aromatic rings. The molecule has 2 aromatic heterocycles. The molecule has 0 spiro atoms. The minimum Gasteiger partial charge on any atom is -0.390 e. The maximum atomic E-state index is 13.6. The first-order chi connectivity index (χ1) is 17.1. The molecule has 7 nitrogen and oxygen atoms in total. The molecule has 0 amide bonds. The molecule has 1 aromatic carbocycles. The van der Waals surface area contributed by atoms with Gasteiger partial charge in [-0.15, -0.1) is 0 Å². The highest BCUT2D eigenvalue weighted by Crippen LogP contribution is 2.34. The number of benzene rings is 1. The van der Waals surface area contributed by atoms with Gasteiger partial charge in [-0.2, -0.15) is 5.26 Å². The Morgan fingerprint density at radius 3 is 2.44 bits per heavy atom. The normalized spacial score (nSPS) is 18.6. The molecular weight excluding hydrogens is 457 g/mol. The first kappa shape index (κ1) is 25.4. The number of rotatable bonds is 5. The Balaban J connectivity index is 1.59. The average Bonchev–Trinajstić information content (AvgIpc) is 2.86. The van der Waals surface area contributed by atoms with Crippen LogP contribution in [0.15, 0.2) is 52.4 Å². The van der Waals surface area contributed by atoms with Crippen LogP contribution in [0.4, 0.5) is 10.1 Å². The molecule has 1 aliphatic rings. The van der Waals surface area contributed by atoms with Gasteiger partial charge in [0.05, 0.1) is 16.9 Å². The molecule has 0 aliphatic heterocycles. The number of fused-ring (bicyclic) bond motifs is 1. The van der Waals surface area contributed by atoms with E-state index in [4.69, 9.17) is 4.84 Å². The highest BCUT2D eigenvalue weighted by atomic mass is 19.1. The Morgan fingerprint density at radius 2 is 1.83 bits per heavy atom. The first-order valence-electron chi connectivity index (χ1n) is 12.2. The van der Waals surface area contributed by atoms with Gasteiger partial charge in [0.25, 0.3) is 5.56 Å². The lowest BCUT2D eigenvalue weighted by Crippen LogP contribution is -2.38. The Hall–Kier alpha value is -3.73. The number of halogens is 1. The van der Waals surface area contributed by atoms with Crippen molar-refractivity contribution in [3.8, 4) is 6.07 Å². The number of aryl methyl sites for hydroxylation is 1. The van der Waals surface area contributed by atoms with Gasteiger partial charge < -0.3 is 14.3 Å². The number of oxime groups is 1. The van der Waals surface area contributed by atoms with Gasteiger partial charge in [-0.3, -0.25) is 4.79 Å². The standard InChI is InChI=1S/C28H32FN5O2/c1-28(2,3)36-32-26(18-6-10-20(29)11-7-18)19-8-13-22(14-9-19)33(4)24-16-25(35)34(5)23-15-12-21(17-30)31-27(23)24/h6-7,10-12,15-16,19,22H,8-9,13-14H2,1-5H3/b32-26+. The third-order valence-electron chi connectivity index (χ3n) is 6.75. The third-order valence-corrected chi connectivity index (χ3v) is 6.75. The van der Waals surface area contributed by atoms with Crippen LogP contribution in [0.1, 0.15) is 57.7 Å². The highest BCUT2D eigenvalue weighted by molar-refractivity contribution is 6.02. The van der Waals surface area contributed by atoms with Gasteiger partial charge in [-0.1, -0.05) is 17.3 Å². The summed E-state index contributed by atoms with van der Waals surface area (Å²) in [6.45, 7) is 5.85. The molecule has 188 valence electrons. The highest BCUT2D eigenvalue weighted by Gasteiger charge is 2.30. The Labute approximate surface area is 210 Å². The fraction of sp³-hybridized carbons (Fsp3) is 0.429. The van der Waals surface area contributed by atoms with E-state index >= 15 is 0 Å². The molecule has 0 N–H and O–H groups in total. The summed E-state index contributed by atoms with van der Waals surface area (Å²) in [6, 6.07) is 13.7. The van der Waals surface area contributed by atoms with Gasteiger partial charge in [-0.05, 0) is 76.3 Å². The molecule has 0 saturated heterocycles. The van der Waals surface area contributed by atoms with E-state index in [1.165, 1.54) is 12.1 Å². The van der Waals surface area contributed by atoms with E-state index in [0.717, 1.165) is 42.6 Å². The van der Waals surface area contributed by atoms with Crippen LogP contribution in [0.2, 0.25) is 0 Å². The third kappa shape index (κ3) is 5.40. The van der Waals surface area contributed by atoms with E-state index in [0.29, 0.717) is 16.7 Å². The smallest absolute Gasteiger partial charge is 0.252 e. The summed E-state index contributed by atoms with van der Waals surface area (Å²) < 4.78 is 15.1. The van der Waals surface area contributed by atoms with Crippen molar-refractivity contribution >= 4 is 22.4 Å². The number of nitriles is 1. The molecular formula is C28H32FN5O2. The van der Waals surface area contributed by atoms with Crippen LogP contribution in [0, 0.1) is 23.1 Å². The largest absolute Gasteiger partial charge is 0.390 e. The van der Waals surface area contributed by atoms with Crippen molar-refractivity contribution in [1.82, 2.24) is 9.55 Å². The zero-order valence-electron chi connectivity index (χ0n) is 21.5. The molecule has 1 fully saturated rings. The lowest BCUT2D eigenvalue weighted by Gasteiger charge is -2.36. The quantitative estimate of drug-likeness (QED) is 0.365. The topological polar surface area (TPSA) is 83.5 Å². The number of nitrogens with zero attached hydrogens (tertiary/aromatic N) is 5. The van der Waals surface area contributed by atoms with Gasteiger partial charge in [0, 0.05) is 32.1 Å². The van der Waals surface area contributed by atoms with Crippen LogP contribution < -0.4 is 10.5 Å². The summed E-state index contributed by atoms with van der Waals surface area (Å²) in [5.74, 6) is -0.110. The fourth-order valence-electron chi connectivity index (χ4n) is 4.75. The van der Waals surface area contributed by atoms with E-state index in [1.807, 2.05) is 27.8 Å². The second-order valence-electron chi connectivity index (χ2n) is 10.4. The van der Waals surface area contributed by atoms with Crippen molar-refractivity contribution < 1.29 is 9.23 Å². The van der Waals surface area contributed by atoms with Crippen molar-refractivity contribution in [2.75, 3.05) is 11.9 Å². The minimum absolute atomic E-state index is 0.116. The summed E-state index contributed by atoms with van der Waals surface area (Å²) in [5.41, 5.74) is 3.55. The number of hydrogen-bond donors (Lipinski definition) is 0. The predicted octanol–water partition coefficient (Wildman–Crippen LogP) is 5.16. The lowest BCUT2D eigenvalue weighted by molar-refractivity contribution is -0.0000302. The van der Waals surface area contributed by atoms with Gasteiger partial charge >= 0.3 is 0 Å². The molecule has 0 radical (unpaired) electrons. The van der Waals surface area contributed by atoms with E-state index in [-0.39, 0.29) is 23.3 Å². The average molecular weight is 490 g/mol. The first-order valence-corrected chi connectivity index (χ1v) is 12.2. The Bertz CT molecular complexity index is 1370. The zero-order chi connectivity index (χ0) is 26.0. The maximum absolute atomic E-state index is 13.6. The Kier molecular flexibility index (Phi) is 7.11. The van der Waals surface area contributed by atoms with E-state index < -0.39 is 5.60 Å². The molecule has 2 heterocycles. The van der Waals surface area contributed by atoms with Crippen molar-refractivity contribution in [2.45, 2.75) is 58.1 Å². The molecule has 1 aliphatic carbocycles. The second kappa shape index (κ2) is 10.1. The molecule has 0 bridgehead atoms. The summed E-state index contributed by atoms with van der Waals surface area (Å²) in [6.07, 6.45) is 3.51. The van der Waals surface area contributed by atoms with E-state index in [2.05, 4.69) is 21.1 Å². The molecule has 0 atom stereocenters. The summed E-state index contributed by atoms with van der Waals surface area (Å²) in [7, 11) is 3.70. The SMILES string of the molecule is CN(c1cc(=O)n(C)c2ccc(C#N)nc12)C1CCC(/C(=N/OC(C)(C)C)c2ccc(F)cc2)CC1. The van der Waals surface area contributed by atoms with Crippen LogP contribution >= 0.6 is 0 Å². The van der Waals surface area contributed by atoms with Crippen LogP contribution in [0.25, 0.3) is 11.0 Å². The second-order valence-corrected chi connectivity index (χ2v) is 10.4.